The van der Waals surface area contributed by atoms with Crippen molar-refractivity contribution in [1.29, 1.82) is 0 Å². The van der Waals surface area contributed by atoms with Gasteiger partial charge in [-0.05, 0) is 6.42 Å². The fraction of sp³-hybridized carbons (Fsp3) is 0.250. The molecule has 20 heavy (non-hydrogen) atoms. The van der Waals surface area contributed by atoms with Crippen LogP contribution in [0.25, 0.3) is 10.8 Å². The molecule has 0 aliphatic heterocycles. The van der Waals surface area contributed by atoms with Crippen LogP contribution in [0.2, 0.25) is 0 Å². The maximum absolute atomic E-state index is 11.3. The molecule has 0 unspecified atom stereocenters. The molecule has 1 heterocycles. The lowest BCUT2D eigenvalue weighted by Crippen LogP contribution is -2.25. The van der Waals surface area contributed by atoms with Gasteiger partial charge in [0.25, 0.3) is 0 Å². The maximum atomic E-state index is 11.3. The molecule has 0 saturated heterocycles. The third-order valence-electron chi connectivity index (χ3n) is 3.15. The van der Waals surface area contributed by atoms with Gasteiger partial charge in [-0.15, -0.1) is 6.58 Å². The van der Waals surface area contributed by atoms with Gasteiger partial charge >= 0.3 is 5.97 Å². The molecule has 1 aromatic carbocycles. The van der Waals surface area contributed by atoms with Crippen molar-refractivity contribution in [2.24, 2.45) is 0 Å². The van der Waals surface area contributed by atoms with E-state index in [9.17, 15) is 9.90 Å². The minimum atomic E-state index is -0.953. The molecule has 0 amide bonds. The van der Waals surface area contributed by atoms with Gasteiger partial charge in [-0.25, -0.2) is 9.78 Å². The third kappa shape index (κ3) is 2.64. The second-order valence-corrected chi connectivity index (χ2v) is 4.58. The lowest BCUT2D eigenvalue weighted by molar-refractivity contribution is 0.0698. The van der Waals surface area contributed by atoms with E-state index in [2.05, 4.69) is 23.4 Å². The van der Waals surface area contributed by atoms with Crippen LogP contribution in [0.5, 0.6) is 0 Å². The molecule has 0 aliphatic rings. The smallest absolute Gasteiger partial charge is 0.337 e. The van der Waals surface area contributed by atoms with E-state index in [-0.39, 0.29) is 5.56 Å². The minimum absolute atomic E-state index is 0.236. The first kappa shape index (κ1) is 14.1. The van der Waals surface area contributed by atoms with Gasteiger partial charge < -0.3 is 10.0 Å². The van der Waals surface area contributed by atoms with Gasteiger partial charge in [0.1, 0.15) is 5.82 Å². The minimum Gasteiger partial charge on any atom is -0.478 e. The molecule has 1 N–H and O–H groups in total. The monoisotopic (exact) mass is 270 g/mol. The molecule has 104 valence electrons. The van der Waals surface area contributed by atoms with Crippen LogP contribution in [0.4, 0.5) is 5.82 Å². The summed E-state index contributed by atoms with van der Waals surface area (Å²) in [5.74, 6) is -0.140. The number of pyridine rings is 1. The van der Waals surface area contributed by atoms with Crippen LogP contribution >= 0.6 is 0 Å². The third-order valence-corrected chi connectivity index (χ3v) is 3.15. The van der Waals surface area contributed by atoms with Crippen molar-refractivity contribution in [2.75, 3.05) is 18.0 Å². The first-order valence-electron chi connectivity index (χ1n) is 6.66. The highest BCUT2D eigenvalue weighted by Crippen LogP contribution is 2.27. The Morgan fingerprint density at radius 2 is 2.10 bits per heavy atom. The molecule has 0 fully saturated rings. The number of aromatic carboxylic acids is 1. The van der Waals surface area contributed by atoms with Crippen molar-refractivity contribution < 1.29 is 9.90 Å². The quantitative estimate of drug-likeness (QED) is 0.818. The standard InChI is InChI=1S/C16H18N2O2/c1-3-9-18(10-4-2)15-13-8-6-5-7-12(13)14(11-17-15)16(19)20/h3,5-8,11H,1,4,9-10H2,2H3,(H,19,20). The Morgan fingerprint density at radius 3 is 2.70 bits per heavy atom. The van der Waals surface area contributed by atoms with E-state index in [0.717, 1.165) is 29.6 Å². The first-order chi connectivity index (χ1) is 9.69. The van der Waals surface area contributed by atoms with Gasteiger partial charge in [-0.3, -0.25) is 0 Å². The van der Waals surface area contributed by atoms with E-state index >= 15 is 0 Å². The predicted octanol–water partition coefficient (Wildman–Crippen LogP) is 3.34. The Bertz CT molecular complexity index is 637. The molecule has 0 aliphatic carbocycles. The van der Waals surface area contributed by atoms with E-state index in [1.165, 1.54) is 6.20 Å². The molecular formula is C16H18N2O2. The highest BCUT2D eigenvalue weighted by Gasteiger charge is 2.15. The van der Waals surface area contributed by atoms with E-state index in [0.29, 0.717) is 6.54 Å². The Morgan fingerprint density at radius 1 is 1.40 bits per heavy atom. The highest BCUT2D eigenvalue weighted by molar-refractivity contribution is 6.06. The second kappa shape index (κ2) is 6.19. The van der Waals surface area contributed by atoms with Gasteiger partial charge in [0.2, 0.25) is 0 Å². The number of carboxylic acids is 1. The van der Waals surface area contributed by atoms with Crippen LogP contribution in [0, 0.1) is 0 Å². The zero-order chi connectivity index (χ0) is 14.5. The molecule has 0 bridgehead atoms. The summed E-state index contributed by atoms with van der Waals surface area (Å²) in [6.45, 7) is 7.42. The normalized spacial score (nSPS) is 10.4. The Balaban J connectivity index is 2.62. The molecule has 0 radical (unpaired) electrons. The summed E-state index contributed by atoms with van der Waals surface area (Å²) in [5, 5.41) is 10.8. The zero-order valence-electron chi connectivity index (χ0n) is 11.5. The molecule has 2 aromatic rings. The number of aromatic nitrogens is 1. The number of hydrogen-bond donors (Lipinski definition) is 1. The number of nitrogens with zero attached hydrogens (tertiary/aromatic N) is 2. The summed E-state index contributed by atoms with van der Waals surface area (Å²) in [7, 11) is 0. The van der Waals surface area contributed by atoms with Crippen molar-refractivity contribution in [1.82, 2.24) is 4.98 Å². The van der Waals surface area contributed by atoms with E-state index in [1.807, 2.05) is 30.3 Å². The van der Waals surface area contributed by atoms with Crippen LogP contribution in [-0.2, 0) is 0 Å². The van der Waals surface area contributed by atoms with E-state index in [4.69, 9.17) is 0 Å². The highest BCUT2D eigenvalue weighted by atomic mass is 16.4. The average molecular weight is 270 g/mol. The first-order valence-corrected chi connectivity index (χ1v) is 6.66. The van der Waals surface area contributed by atoms with Gasteiger partial charge in [0.05, 0.1) is 5.56 Å². The Labute approximate surface area is 118 Å². The van der Waals surface area contributed by atoms with Crippen molar-refractivity contribution in [3.05, 3.63) is 48.7 Å². The maximum Gasteiger partial charge on any atom is 0.337 e. The molecule has 1 aromatic heterocycles. The van der Waals surface area contributed by atoms with Gasteiger partial charge in [0, 0.05) is 30.1 Å². The molecule has 0 atom stereocenters. The second-order valence-electron chi connectivity index (χ2n) is 4.58. The largest absolute Gasteiger partial charge is 0.478 e. The topological polar surface area (TPSA) is 53.4 Å². The van der Waals surface area contributed by atoms with Gasteiger partial charge in [-0.2, -0.15) is 0 Å². The predicted molar refractivity (Wildman–Crippen MR) is 81.4 cm³/mol. The molecule has 0 spiro atoms. The van der Waals surface area contributed by atoms with Crippen molar-refractivity contribution in [3.8, 4) is 0 Å². The number of rotatable bonds is 6. The van der Waals surface area contributed by atoms with Crippen LogP contribution in [0.1, 0.15) is 23.7 Å². The summed E-state index contributed by atoms with van der Waals surface area (Å²) in [6.07, 6.45) is 4.26. The van der Waals surface area contributed by atoms with Crippen LogP contribution in [0.15, 0.2) is 43.1 Å². The average Bonchev–Trinajstić information content (AvgIpc) is 2.45. The number of hydrogen-bond acceptors (Lipinski definition) is 3. The molecule has 0 saturated carbocycles. The van der Waals surface area contributed by atoms with Crippen molar-refractivity contribution in [3.63, 3.8) is 0 Å². The van der Waals surface area contributed by atoms with Crippen LogP contribution < -0.4 is 4.90 Å². The molecule has 4 nitrogen and oxygen atoms in total. The van der Waals surface area contributed by atoms with Crippen molar-refractivity contribution >= 4 is 22.6 Å². The lowest BCUT2D eigenvalue weighted by atomic mass is 10.1. The Kier molecular flexibility index (Phi) is 4.35. The number of benzene rings is 1. The van der Waals surface area contributed by atoms with Gasteiger partial charge in [0.15, 0.2) is 0 Å². The fourth-order valence-electron chi connectivity index (χ4n) is 2.31. The number of fused-ring (bicyclic) bond motifs is 1. The Hall–Kier alpha value is -2.36. The molecule has 4 heteroatoms. The number of anilines is 1. The van der Waals surface area contributed by atoms with Gasteiger partial charge in [-0.1, -0.05) is 37.3 Å². The van der Waals surface area contributed by atoms with Crippen LogP contribution in [-0.4, -0.2) is 29.1 Å². The lowest BCUT2D eigenvalue weighted by Gasteiger charge is -2.23. The summed E-state index contributed by atoms with van der Waals surface area (Å²) in [6, 6.07) is 7.48. The van der Waals surface area contributed by atoms with E-state index in [1.54, 1.807) is 0 Å². The van der Waals surface area contributed by atoms with Crippen molar-refractivity contribution in [2.45, 2.75) is 13.3 Å². The molecule has 2 rings (SSSR count). The SMILES string of the molecule is C=CCN(CCC)c1ncc(C(=O)O)c2ccccc12. The number of carboxylic acid groups (broad SMARTS) is 1. The van der Waals surface area contributed by atoms with Crippen LogP contribution in [0.3, 0.4) is 0 Å². The fourth-order valence-corrected chi connectivity index (χ4v) is 2.31. The summed E-state index contributed by atoms with van der Waals surface area (Å²) < 4.78 is 0. The number of carbonyl (C=O) groups is 1. The summed E-state index contributed by atoms with van der Waals surface area (Å²) in [4.78, 5) is 17.8. The summed E-state index contributed by atoms with van der Waals surface area (Å²) in [5.41, 5.74) is 0.236. The van der Waals surface area contributed by atoms with E-state index < -0.39 is 5.97 Å². The summed E-state index contributed by atoms with van der Waals surface area (Å²) >= 11 is 0. The molecular weight excluding hydrogens is 252 g/mol. The zero-order valence-corrected chi connectivity index (χ0v) is 11.5.